The molecule has 0 aliphatic rings. The Hall–Kier alpha value is -2.27. The van der Waals surface area contributed by atoms with Gasteiger partial charge in [-0.05, 0) is 23.8 Å². The topological polar surface area (TPSA) is 69.1 Å². The molecule has 0 aliphatic heterocycles. The molecular formula is C12H11N5. The number of rotatable bonds is 2. The van der Waals surface area contributed by atoms with Crippen LogP contribution in [-0.2, 0) is 6.54 Å². The smallest absolute Gasteiger partial charge is 0.186 e. The summed E-state index contributed by atoms with van der Waals surface area (Å²) >= 11 is 0. The molecule has 3 heterocycles. The van der Waals surface area contributed by atoms with Crippen molar-refractivity contribution in [1.29, 1.82) is 0 Å². The van der Waals surface area contributed by atoms with Gasteiger partial charge in [0.15, 0.2) is 11.5 Å². The summed E-state index contributed by atoms with van der Waals surface area (Å²) in [6.45, 7) is 0.496. The highest BCUT2D eigenvalue weighted by atomic mass is 15.2. The van der Waals surface area contributed by atoms with Gasteiger partial charge in [0.05, 0.1) is 0 Å². The van der Waals surface area contributed by atoms with Crippen LogP contribution in [0.1, 0.15) is 5.56 Å². The molecule has 0 fully saturated rings. The number of pyridine rings is 2. The monoisotopic (exact) mass is 225 g/mol. The van der Waals surface area contributed by atoms with Crippen molar-refractivity contribution in [1.82, 2.24) is 19.6 Å². The first kappa shape index (κ1) is 9.92. The standard InChI is InChI=1S/C12H11N5/c13-7-9-4-5-11-15-16-12(17(11)8-9)10-3-1-2-6-14-10/h1-6,8H,7,13H2. The van der Waals surface area contributed by atoms with Crippen molar-refractivity contribution < 1.29 is 0 Å². The lowest BCUT2D eigenvalue weighted by molar-refractivity contribution is 1.02. The van der Waals surface area contributed by atoms with Crippen molar-refractivity contribution in [3.63, 3.8) is 0 Å². The van der Waals surface area contributed by atoms with Crippen LogP contribution in [-0.4, -0.2) is 19.6 Å². The highest BCUT2D eigenvalue weighted by Crippen LogP contribution is 2.15. The molecular weight excluding hydrogens is 214 g/mol. The van der Waals surface area contributed by atoms with Gasteiger partial charge in [0.1, 0.15) is 5.69 Å². The maximum Gasteiger partial charge on any atom is 0.186 e. The molecule has 0 amide bonds. The van der Waals surface area contributed by atoms with Crippen LogP contribution in [0.3, 0.4) is 0 Å². The predicted molar refractivity (Wildman–Crippen MR) is 64.1 cm³/mol. The van der Waals surface area contributed by atoms with Crippen LogP contribution in [0.25, 0.3) is 17.2 Å². The van der Waals surface area contributed by atoms with E-state index in [1.165, 1.54) is 0 Å². The fourth-order valence-electron chi connectivity index (χ4n) is 1.73. The molecule has 3 rings (SSSR count). The van der Waals surface area contributed by atoms with E-state index in [1.54, 1.807) is 6.20 Å². The van der Waals surface area contributed by atoms with Gasteiger partial charge in [-0.15, -0.1) is 10.2 Å². The third-order valence-electron chi connectivity index (χ3n) is 2.59. The Morgan fingerprint density at radius 3 is 2.82 bits per heavy atom. The van der Waals surface area contributed by atoms with Crippen molar-refractivity contribution in [2.75, 3.05) is 0 Å². The first-order chi connectivity index (χ1) is 8.38. The lowest BCUT2D eigenvalue weighted by atomic mass is 10.3. The first-order valence-electron chi connectivity index (χ1n) is 5.33. The average Bonchev–Trinajstić information content (AvgIpc) is 2.82. The average molecular weight is 225 g/mol. The van der Waals surface area contributed by atoms with E-state index in [-0.39, 0.29) is 0 Å². The second-order valence-corrected chi connectivity index (χ2v) is 3.71. The van der Waals surface area contributed by atoms with E-state index in [1.807, 2.05) is 40.9 Å². The van der Waals surface area contributed by atoms with Gasteiger partial charge >= 0.3 is 0 Å². The largest absolute Gasteiger partial charge is 0.326 e. The van der Waals surface area contributed by atoms with E-state index >= 15 is 0 Å². The van der Waals surface area contributed by atoms with E-state index in [0.29, 0.717) is 6.54 Å². The minimum atomic E-state index is 0.496. The fraction of sp³-hybridized carbons (Fsp3) is 0.0833. The minimum Gasteiger partial charge on any atom is -0.326 e. The molecule has 0 bridgehead atoms. The summed E-state index contributed by atoms with van der Waals surface area (Å²) in [5.41, 5.74) is 8.26. The number of hydrogen-bond acceptors (Lipinski definition) is 4. The van der Waals surface area contributed by atoms with Gasteiger partial charge in [-0.25, -0.2) is 0 Å². The predicted octanol–water partition coefficient (Wildman–Crippen LogP) is 1.25. The molecule has 5 heteroatoms. The Morgan fingerprint density at radius 1 is 1.12 bits per heavy atom. The van der Waals surface area contributed by atoms with Crippen LogP contribution >= 0.6 is 0 Å². The summed E-state index contributed by atoms with van der Waals surface area (Å²) in [6.07, 6.45) is 3.68. The van der Waals surface area contributed by atoms with E-state index < -0.39 is 0 Å². The van der Waals surface area contributed by atoms with Gasteiger partial charge in [-0.3, -0.25) is 9.38 Å². The summed E-state index contributed by atoms with van der Waals surface area (Å²) in [5.74, 6) is 0.732. The Balaban J connectivity index is 2.23. The van der Waals surface area contributed by atoms with E-state index in [0.717, 1.165) is 22.7 Å². The zero-order chi connectivity index (χ0) is 11.7. The van der Waals surface area contributed by atoms with Gasteiger partial charge in [0.2, 0.25) is 0 Å². The van der Waals surface area contributed by atoms with Crippen LogP contribution in [0.5, 0.6) is 0 Å². The van der Waals surface area contributed by atoms with Crippen molar-refractivity contribution in [2.24, 2.45) is 5.73 Å². The van der Waals surface area contributed by atoms with Crippen molar-refractivity contribution >= 4 is 5.65 Å². The van der Waals surface area contributed by atoms with Gasteiger partial charge in [0, 0.05) is 18.9 Å². The second-order valence-electron chi connectivity index (χ2n) is 3.71. The van der Waals surface area contributed by atoms with Crippen LogP contribution in [0.4, 0.5) is 0 Å². The Morgan fingerprint density at radius 2 is 2.06 bits per heavy atom. The fourth-order valence-corrected chi connectivity index (χ4v) is 1.73. The molecule has 2 N–H and O–H groups in total. The van der Waals surface area contributed by atoms with Gasteiger partial charge < -0.3 is 5.73 Å². The molecule has 0 saturated carbocycles. The van der Waals surface area contributed by atoms with Gasteiger partial charge in [-0.2, -0.15) is 0 Å². The number of hydrogen-bond donors (Lipinski definition) is 1. The van der Waals surface area contributed by atoms with E-state index in [2.05, 4.69) is 15.2 Å². The SMILES string of the molecule is NCc1ccc2nnc(-c3ccccn3)n2c1. The molecule has 84 valence electrons. The lowest BCUT2D eigenvalue weighted by Gasteiger charge is -2.01. The number of aromatic nitrogens is 4. The molecule has 0 spiro atoms. The molecule has 0 radical (unpaired) electrons. The Kier molecular flexibility index (Phi) is 2.31. The van der Waals surface area contributed by atoms with Gasteiger partial charge in [0.25, 0.3) is 0 Å². The summed E-state index contributed by atoms with van der Waals surface area (Å²) in [5, 5.41) is 8.25. The maximum atomic E-state index is 5.63. The highest BCUT2D eigenvalue weighted by molar-refractivity contribution is 5.55. The van der Waals surface area contributed by atoms with Crippen LogP contribution in [0, 0.1) is 0 Å². The summed E-state index contributed by atoms with van der Waals surface area (Å²) in [7, 11) is 0. The summed E-state index contributed by atoms with van der Waals surface area (Å²) in [4.78, 5) is 4.27. The number of nitrogens with zero attached hydrogens (tertiary/aromatic N) is 4. The second kappa shape index (κ2) is 3.95. The molecule has 3 aromatic heterocycles. The Bertz CT molecular complexity index is 644. The summed E-state index contributed by atoms with van der Waals surface area (Å²) < 4.78 is 1.91. The van der Waals surface area contributed by atoms with Crippen molar-refractivity contribution in [3.8, 4) is 11.5 Å². The minimum absolute atomic E-state index is 0.496. The molecule has 3 aromatic rings. The lowest BCUT2D eigenvalue weighted by Crippen LogP contribution is -1.99. The highest BCUT2D eigenvalue weighted by Gasteiger charge is 2.08. The third kappa shape index (κ3) is 1.66. The van der Waals surface area contributed by atoms with Crippen molar-refractivity contribution in [2.45, 2.75) is 6.54 Å². The molecule has 0 saturated heterocycles. The zero-order valence-electron chi connectivity index (χ0n) is 9.11. The van der Waals surface area contributed by atoms with Gasteiger partial charge in [-0.1, -0.05) is 12.1 Å². The summed E-state index contributed by atoms with van der Waals surface area (Å²) in [6, 6.07) is 9.56. The van der Waals surface area contributed by atoms with Crippen LogP contribution in [0.2, 0.25) is 0 Å². The molecule has 0 atom stereocenters. The van der Waals surface area contributed by atoms with Crippen LogP contribution in [0.15, 0.2) is 42.7 Å². The molecule has 0 aromatic carbocycles. The molecule has 17 heavy (non-hydrogen) atoms. The number of fused-ring (bicyclic) bond motifs is 1. The zero-order valence-corrected chi connectivity index (χ0v) is 9.11. The first-order valence-corrected chi connectivity index (χ1v) is 5.33. The quantitative estimate of drug-likeness (QED) is 0.712. The molecule has 0 unspecified atom stereocenters. The van der Waals surface area contributed by atoms with E-state index in [9.17, 15) is 0 Å². The maximum absolute atomic E-state index is 5.63. The molecule has 5 nitrogen and oxygen atoms in total. The molecule has 0 aliphatic carbocycles. The Labute approximate surface area is 97.9 Å². The third-order valence-corrected chi connectivity index (χ3v) is 2.59. The number of nitrogens with two attached hydrogens (primary N) is 1. The normalized spacial score (nSPS) is 10.9. The van der Waals surface area contributed by atoms with Crippen LogP contribution < -0.4 is 5.73 Å². The van der Waals surface area contributed by atoms with E-state index in [4.69, 9.17) is 5.73 Å². The van der Waals surface area contributed by atoms with Crippen molar-refractivity contribution in [3.05, 3.63) is 48.3 Å².